The lowest BCUT2D eigenvalue weighted by Gasteiger charge is -2.24. The Bertz CT molecular complexity index is 389. The first kappa shape index (κ1) is 15.5. The number of hydrogen-bond donors (Lipinski definition) is 1. The molecule has 1 atom stereocenters. The number of nitrogens with one attached hydrogen (secondary N) is 1. The zero-order chi connectivity index (χ0) is 14.2. The molecular weight excluding hydrogens is 244 g/mol. The average molecular weight is 274 g/mol. The molecule has 1 aliphatic heterocycles. The van der Waals surface area contributed by atoms with Crippen LogP contribution in [0.25, 0.3) is 0 Å². The van der Waals surface area contributed by atoms with Crippen molar-refractivity contribution in [1.29, 1.82) is 0 Å². The van der Waals surface area contributed by atoms with Gasteiger partial charge in [0.1, 0.15) is 0 Å². The summed E-state index contributed by atoms with van der Waals surface area (Å²) >= 11 is 0. The van der Waals surface area contributed by atoms with E-state index in [1.54, 1.807) is 0 Å². The summed E-state index contributed by atoms with van der Waals surface area (Å²) in [5, 5.41) is 3.51. The van der Waals surface area contributed by atoms with E-state index in [-0.39, 0.29) is 0 Å². The quantitative estimate of drug-likeness (QED) is 0.729. The van der Waals surface area contributed by atoms with E-state index in [0.29, 0.717) is 0 Å². The fraction of sp³-hybridized carbons (Fsp3) is 0.667. The third-order valence-corrected chi connectivity index (χ3v) is 4.46. The van der Waals surface area contributed by atoms with E-state index in [2.05, 4.69) is 48.3 Å². The van der Waals surface area contributed by atoms with Crippen molar-refractivity contribution in [2.24, 2.45) is 0 Å². The summed E-state index contributed by atoms with van der Waals surface area (Å²) in [6.45, 7) is 9.19. The fourth-order valence-corrected chi connectivity index (χ4v) is 3.26. The molecule has 112 valence electrons. The van der Waals surface area contributed by atoms with Crippen molar-refractivity contribution in [3.05, 3.63) is 35.4 Å². The summed E-state index contributed by atoms with van der Waals surface area (Å²) in [6, 6.07) is 9.80. The Hall–Kier alpha value is -0.860. The molecular formula is C18H30N2. The Morgan fingerprint density at radius 3 is 2.70 bits per heavy atom. The molecule has 1 fully saturated rings. The van der Waals surface area contributed by atoms with Crippen molar-refractivity contribution in [3.63, 3.8) is 0 Å². The Kier molecular flexibility index (Phi) is 6.55. The van der Waals surface area contributed by atoms with E-state index in [1.165, 1.54) is 43.4 Å². The molecule has 1 heterocycles. The van der Waals surface area contributed by atoms with E-state index in [0.717, 1.165) is 32.1 Å². The van der Waals surface area contributed by atoms with Crippen LogP contribution in [0.1, 0.15) is 50.7 Å². The van der Waals surface area contributed by atoms with Crippen LogP contribution in [-0.2, 0) is 13.0 Å². The molecule has 0 spiro atoms. The van der Waals surface area contributed by atoms with Gasteiger partial charge in [0.2, 0.25) is 0 Å². The standard InChI is InChI=1S/C18H30N2/c1-3-12-19-13-11-16-8-5-6-9-17(16)15-20-14-7-10-18(20)4-2/h5-6,8-9,18-19H,3-4,7,10-15H2,1-2H3. The van der Waals surface area contributed by atoms with Gasteiger partial charge in [-0.15, -0.1) is 0 Å². The molecule has 2 rings (SSSR count). The molecule has 20 heavy (non-hydrogen) atoms. The van der Waals surface area contributed by atoms with Crippen molar-refractivity contribution < 1.29 is 0 Å². The average Bonchev–Trinajstić information content (AvgIpc) is 2.92. The van der Waals surface area contributed by atoms with Crippen molar-refractivity contribution in [1.82, 2.24) is 10.2 Å². The molecule has 0 aliphatic carbocycles. The van der Waals surface area contributed by atoms with Crippen LogP contribution in [0.3, 0.4) is 0 Å². The molecule has 2 heteroatoms. The molecule has 0 saturated carbocycles. The second-order valence-electron chi connectivity index (χ2n) is 5.94. The second-order valence-corrected chi connectivity index (χ2v) is 5.94. The van der Waals surface area contributed by atoms with E-state index in [4.69, 9.17) is 0 Å². The topological polar surface area (TPSA) is 15.3 Å². The number of likely N-dealkylation sites (tertiary alicyclic amines) is 1. The van der Waals surface area contributed by atoms with Gasteiger partial charge in [-0.3, -0.25) is 4.90 Å². The Balaban J connectivity index is 1.93. The number of hydrogen-bond acceptors (Lipinski definition) is 2. The van der Waals surface area contributed by atoms with Crippen LogP contribution in [-0.4, -0.2) is 30.6 Å². The largest absolute Gasteiger partial charge is 0.316 e. The molecule has 1 aliphatic rings. The number of rotatable bonds is 8. The van der Waals surface area contributed by atoms with Gasteiger partial charge in [0.25, 0.3) is 0 Å². The minimum absolute atomic E-state index is 0.807. The molecule has 0 bridgehead atoms. The summed E-state index contributed by atoms with van der Waals surface area (Å²) in [5.41, 5.74) is 3.06. The lowest BCUT2D eigenvalue weighted by molar-refractivity contribution is 0.239. The summed E-state index contributed by atoms with van der Waals surface area (Å²) < 4.78 is 0. The number of nitrogens with zero attached hydrogens (tertiary/aromatic N) is 1. The van der Waals surface area contributed by atoms with Crippen molar-refractivity contribution >= 4 is 0 Å². The maximum absolute atomic E-state index is 3.51. The molecule has 0 radical (unpaired) electrons. The normalized spacial score (nSPS) is 19.6. The first-order valence-corrected chi connectivity index (χ1v) is 8.36. The van der Waals surface area contributed by atoms with Crippen LogP contribution in [0, 0.1) is 0 Å². The third-order valence-electron chi connectivity index (χ3n) is 4.46. The van der Waals surface area contributed by atoms with Gasteiger partial charge < -0.3 is 5.32 Å². The van der Waals surface area contributed by atoms with Crippen LogP contribution in [0.15, 0.2) is 24.3 Å². The van der Waals surface area contributed by atoms with Crippen molar-refractivity contribution in [2.75, 3.05) is 19.6 Å². The van der Waals surface area contributed by atoms with Crippen LogP contribution in [0.5, 0.6) is 0 Å². The van der Waals surface area contributed by atoms with Gasteiger partial charge in [-0.2, -0.15) is 0 Å². The van der Waals surface area contributed by atoms with Crippen LogP contribution in [0.2, 0.25) is 0 Å². The highest BCUT2D eigenvalue weighted by Crippen LogP contribution is 2.23. The van der Waals surface area contributed by atoms with Crippen LogP contribution in [0.4, 0.5) is 0 Å². The maximum Gasteiger partial charge on any atom is 0.0239 e. The smallest absolute Gasteiger partial charge is 0.0239 e. The third kappa shape index (κ3) is 4.32. The summed E-state index contributed by atoms with van der Waals surface area (Å²) in [4.78, 5) is 2.68. The molecule has 2 nitrogen and oxygen atoms in total. The highest BCUT2D eigenvalue weighted by molar-refractivity contribution is 5.27. The van der Waals surface area contributed by atoms with Crippen molar-refractivity contribution in [2.45, 2.75) is 58.5 Å². The fourth-order valence-electron chi connectivity index (χ4n) is 3.26. The number of benzene rings is 1. The van der Waals surface area contributed by atoms with E-state index >= 15 is 0 Å². The first-order chi connectivity index (χ1) is 9.85. The summed E-state index contributed by atoms with van der Waals surface area (Å²) in [6.07, 6.45) is 6.42. The van der Waals surface area contributed by atoms with Gasteiger partial charge in [0.15, 0.2) is 0 Å². The van der Waals surface area contributed by atoms with Crippen LogP contribution >= 0.6 is 0 Å². The van der Waals surface area contributed by atoms with Crippen LogP contribution < -0.4 is 5.32 Å². The van der Waals surface area contributed by atoms with Gasteiger partial charge >= 0.3 is 0 Å². The highest BCUT2D eigenvalue weighted by atomic mass is 15.2. The second kappa shape index (κ2) is 8.43. The molecule has 1 unspecified atom stereocenters. The summed E-state index contributed by atoms with van der Waals surface area (Å²) in [7, 11) is 0. The molecule has 1 aromatic carbocycles. The zero-order valence-corrected chi connectivity index (χ0v) is 13.2. The monoisotopic (exact) mass is 274 g/mol. The highest BCUT2D eigenvalue weighted by Gasteiger charge is 2.23. The molecule has 1 N–H and O–H groups in total. The molecule has 0 amide bonds. The molecule has 0 aromatic heterocycles. The first-order valence-electron chi connectivity index (χ1n) is 8.36. The molecule has 1 aromatic rings. The Labute approximate surface area is 124 Å². The van der Waals surface area contributed by atoms with Gasteiger partial charge in [0, 0.05) is 12.6 Å². The summed E-state index contributed by atoms with van der Waals surface area (Å²) in [5.74, 6) is 0. The predicted octanol–water partition coefficient (Wildman–Crippen LogP) is 3.60. The van der Waals surface area contributed by atoms with Gasteiger partial charge in [0.05, 0.1) is 0 Å². The van der Waals surface area contributed by atoms with Gasteiger partial charge in [-0.1, -0.05) is 38.1 Å². The minimum atomic E-state index is 0.807. The van der Waals surface area contributed by atoms with Gasteiger partial charge in [-0.05, 0) is 62.9 Å². The van der Waals surface area contributed by atoms with E-state index in [9.17, 15) is 0 Å². The van der Waals surface area contributed by atoms with Crippen molar-refractivity contribution in [3.8, 4) is 0 Å². The van der Waals surface area contributed by atoms with E-state index < -0.39 is 0 Å². The lowest BCUT2D eigenvalue weighted by atomic mass is 10.0. The maximum atomic E-state index is 3.51. The molecule has 1 saturated heterocycles. The Morgan fingerprint density at radius 1 is 1.15 bits per heavy atom. The minimum Gasteiger partial charge on any atom is -0.316 e. The van der Waals surface area contributed by atoms with E-state index in [1.807, 2.05) is 0 Å². The van der Waals surface area contributed by atoms with Gasteiger partial charge in [-0.25, -0.2) is 0 Å². The SMILES string of the molecule is CCCNCCc1ccccc1CN1CCCC1CC. The predicted molar refractivity (Wildman–Crippen MR) is 87.0 cm³/mol. The zero-order valence-electron chi connectivity index (χ0n) is 13.2. The lowest BCUT2D eigenvalue weighted by Crippen LogP contribution is -2.29. The Morgan fingerprint density at radius 2 is 1.95 bits per heavy atom.